The van der Waals surface area contributed by atoms with Gasteiger partial charge in [-0.25, -0.2) is 4.79 Å². The Morgan fingerprint density at radius 3 is 2.94 bits per heavy atom. The first kappa shape index (κ1) is 13.5. The smallest absolute Gasteiger partial charge is 0.319 e. The molecule has 4 N–H and O–H groups in total. The number of hydrogen-bond acceptors (Lipinski definition) is 2. The maximum absolute atomic E-state index is 11.5. The molecule has 0 heterocycles. The molecule has 0 bridgehead atoms. The maximum atomic E-state index is 11.5. The van der Waals surface area contributed by atoms with Crippen molar-refractivity contribution >= 4 is 11.7 Å². The number of aryl methyl sites for hydroxylation is 1. The molecule has 1 aromatic carbocycles. The van der Waals surface area contributed by atoms with Crippen molar-refractivity contribution < 1.29 is 4.79 Å². The molecule has 0 atom stereocenters. The SMILES string of the molecule is CCCNC(=O)Nc1cccc(CCCN)c1. The highest BCUT2D eigenvalue weighted by Crippen LogP contribution is 2.11. The van der Waals surface area contributed by atoms with Crippen molar-refractivity contribution in [3.05, 3.63) is 29.8 Å². The van der Waals surface area contributed by atoms with E-state index in [9.17, 15) is 4.79 Å². The third-order valence-electron chi connectivity index (χ3n) is 2.39. The molecule has 0 saturated carbocycles. The van der Waals surface area contributed by atoms with E-state index in [-0.39, 0.29) is 6.03 Å². The number of carbonyl (C=O) groups excluding carboxylic acids is 1. The van der Waals surface area contributed by atoms with Crippen LogP contribution in [-0.4, -0.2) is 19.1 Å². The van der Waals surface area contributed by atoms with Crippen LogP contribution in [0.3, 0.4) is 0 Å². The van der Waals surface area contributed by atoms with Crippen molar-refractivity contribution in [1.82, 2.24) is 5.32 Å². The van der Waals surface area contributed by atoms with Crippen LogP contribution in [0.5, 0.6) is 0 Å². The maximum Gasteiger partial charge on any atom is 0.319 e. The number of rotatable bonds is 6. The lowest BCUT2D eigenvalue weighted by Gasteiger charge is -2.08. The van der Waals surface area contributed by atoms with Gasteiger partial charge in [-0.3, -0.25) is 0 Å². The van der Waals surface area contributed by atoms with E-state index in [2.05, 4.69) is 10.6 Å². The van der Waals surface area contributed by atoms with Gasteiger partial charge in [0.05, 0.1) is 0 Å². The predicted octanol–water partition coefficient (Wildman–Crippen LogP) is 2.11. The zero-order valence-electron chi connectivity index (χ0n) is 10.3. The molecule has 0 aliphatic rings. The number of carbonyl (C=O) groups is 1. The van der Waals surface area contributed by atoms with E-state index in [1.54, 1.807) is 0 Å². The first-order valence-electron chi connectivity index (χ1n) is 6.10. The molecule has 0 unspecified atom stereocenters. The molecule has 0 radical (unpaired) electrons. The monoisotopic (exact) mass is 235 g/mol. The van der Waals surface area contributed by atoms with E-state index >= 15 is 0 Å². The standard InChI is InChI=1S/C13H21N3O/c1-2-9-15-13(17)16-12-7-3-5-11(10-12)6-4-8-14/h3,5,7,10H,2,4,6,8-9,14H2,1H3,(H2,15,16,17). The highest BCUT2D eigenvalue weighted by atomic mass is 16.2. The number of urea groups is 1. The van der Waals surface area contributed by atoms with Crippen molar-refractivity contribution in [3.8, 4) is 0 Å². The van der Waals surface area contributed by atoms with E-state index in [0.29, 0.717) is 13.1 Å². The summed E-state index contributed by atoms with van der Waals surface area (Å²) in [5.74, 6) is 0. The van der Waals surface area contributed by atoms with Gasteiger partial charge in [0.25, 0.3) is 0 Å². The fourth-order valence-corrected chi connectivity index (χ4v) is 1.52. The number of amides is 2. The van der Waals surface area contributed by atoms with Crippen LogP contribution in [0.2, 0.25) is 0 Å². The molecule has 1 aromatic rings. The molecular formula is C13H21N3O. The minimum absolute atomic E-state index is 0.150. The number of nitrogens with two attached hydrogens (primary N) is 1. The van der Waals surface area contributed by atoms with Crippen molar-refractivity contribution in [2.24, 2.45) is 5.73 Å². The average molecular weight is 235 g/mol. The zero-order valence-corrected chi connectivity index (χ0v) is 10.3. The normalized spacial score (nSPS) is 10.0. The molecule has 1 rings (SSSR count). The van der Waals surface area contributed by atoms with Gasteiger partial charge in [0.1, 0.15) is 0 Å². The summed E-state index contributed by atoms with van der Waals surface area (Å²) < 4.78 is 0. The average Bonchev–Trinajstić information content (AvgIpc) is 2.34. The van der Waals surface area contributed by atoms with E-state index in [1.165, 1.54) is 5.56 Å². The summed E-state index contributed by atoms with van der Waals surface area (Å²) in [6.45, 7) is 3.40. The molecule has 0 spiro atoms. The van der Waals surface area contributed by atoms with Gasteiger partial charge in [0.2, 0.25) is 0 Å². The minimum atomic E-state index is -0.150. The van der Waals surface area contributed by atoms with Crippen LogP contribution in [0.15, 0.2) is 24.3 Å². The second-order valence-electron chi connectivity index (χ2n) is 3.97. The number of benzene rings is 1. The Kier molecular flexibility index (Phi) is 6.10. The number of nitrogens with one attached hydrogen (secondary N) is 2. The first-order valence-corrected chi connectivity index (χ1v) is 6.10. The Labute approximate surface area is 103 Å². The molecule has 4 nitrogen and oxygen atoms in total. The molecule has 0 aliphatic heterocycles. The minimum Gasteiger partial charge on any atom is -0.338 e. The van der Waals surface area contributed by atoms with Crippen molar-refractivity contribution in [2.75, 3.05) is 18.4 Å². The predicted molar refractivity (Wildman–Crippen MR) is 71.1 cm³/mol. The summed E-state index contributed by atoms with van der Waals surface area (Å²) in [6, 6.07) is 7.72. The van der Waals surface area contributed by atoms with Crippen molar-refractivity contribution in [1.29, 1.82) is 0 Å². The fraction of sp³-hybridized carbons (Fsp3) is 0.462. The summed E-state index contributed by atoms with van der Waals surface area (Å²) in [5.41, 5.74) is 7.50. The summed E-state index contributed by atoms with van der Waals surface area (Å²) >= 11 is 0. The molecule has 4 heteroatoms. The summed E-state index contributed by atoms with van der Waals surface area (Å²) in [6.07, 6.45) is 2.85. The van der Waals surface area contributed by atoms with Crippen LogP contribution in [0, 0.1) is 0 Å². The topological polar surface area (TPSA) is 67.2 Å². The quantitative estimate of drug-likeness (QED) is 0.707. The molecule has 0 saturated heterocycles. The van der Waals surface area contributed by atoms with Crippen LogP contribution in [-0.2, 0) is 6.42 Å². The second kappa shape index (κ2) is 7.68. The first-order chi connectivity index (χ1) is 8.26. The van der Waals surface area contributed by atoms with Gasteiger partial charge in [-0.15, -0.1) is 0 Å². The lowest BCUT2D eigenvalue weighted by atomic mass is 10.1. The highest BCUT2D eigenvalue weighted by molar-refractivity contribution is 5.89. The Balaban J connectivity index is 2.50. The Bertz CT molecular complexity index is 352. The van der Waals surface area contributed by atoms with Crippen LogP contribution >= 0.6 is 0 Å². The molecule has 0 aromatic heterocycles. The lowest BCUT2D eigenvalue weighted by Crippen LogP contribution is -2.29. The fourth-order valence-electron chi connectivity index (χ4n) is 1.52. The van der Waals surface area contributed by atoms with Gasteiger partial charge in [0.15, 0.2) is 0 Å². The second-order valence-corrected chi connectivity index (χ2v) is 3.97. The highest BCUT2D eigenvalue weighted by Gasteiger charge is 2.01. The number of hydrogen-bond donors (Lipinski definition) is 3. The van der Waals surface area contributed by atoms with E-state index in [1.807, 2.05) is 31.2 Å². The molecule has 0 aliphatic carbocycles. The van der Waals surface area contributed by atoms with Gasteiger partial charge in [-0.1, -0.05) is 19.1 Å². The largest absolute Gasteiger partial charge is 0.338 e. The zero-order chi connectivity index (χ0) is 12.5. The van der Waals surface area contributed by atoms with Gasteiger partial charge >= 0.3 is 6.03 Å². The lowest BCUT2D eigenvalue weighted by molar-refractivity contribution is 0.252. The van der Waals surface area contributed by atoms with Crippen LogP contribution in [0.1, 0.15) is 25.3 Å². The Morgan fingerprint density at radius 2 is 2.24 bits per heavy atom. The third-order valence-corrected chi connectivity index (χ3v) is 2.39. The summed E-state index contributed by atoms with van der Waals surface area (Å²) in [4.78, 5) is 11.5. The summed E-state index contributed by atoms with van der Waals surface area (Å²) in [7, 11) is 0. The van der Waals surface area contributed by atoms with Gasteiger partial charge in [0, 0.05) is 12.2 Å². The Hall–Kier alpha value is -1.55. The molecular weight excluding hydrogens is 214 g/mol. The van der Waals surface area contributed by atoms with Crippen LogP contribution < -0.4 is 16.4 Å². The van der Waals surface area contributed by atoms with Gasteiger partial charge < -0.3 is 16.4 Å². The van der Waals surface area contributed by atoms with Crippen molar-refractivity contribution in [3.63, 3.8) is 0 Å². The van der Waals surface area contributed by atoms with E-state index in [4.69, 9.17) is 5.73 Å². The Morgan fingerprint density at radius 1 is 1.41 bits per heavy atom. The molecule has 0 fully saturated rings. The van der Waals surface area contributed by atoms with E-state index in [0.717, 1.165) is 24.9 Å². The molecule has 94 valence electrons. The van der Waals surface area contributed by atoms with Gasteiger partial charge in [-0.2, -0.15) is 0 Å². The third kappa shape index (κ3) is 5.36. The van der Waals surface area contributed by atoms with Gasteiger partial charge in [-0.05, 0) is 43.5 Å². The van der Waals surface area contributed by atoms with Crippen LogP contribution in [0.25, 0.3) is 0 Å². The van der Waals surface area contributed by atoms with E-state index < -0.39 is 0 Å². The molecule has 2 amide bonds. The van der Waals surface area contributed by atoms with Crippen LogP contribution in [0.4, 0.5) is 10.5 Å². The summed E-state index contributed by atoms with van der Waals surface area (Å²) in [5, 5.41) is 5.59. The van der Waals surface area contributed by atoms with Crippen molar-refractivity contribution in [2.45, 2.75) is 26.2 Å². The molecule has 17 heavy (non-hydrogen) atoms. The number of anilines is 1.